The Balaban J connectivity index is 2.18. The second-order valence-electron chi connectivity index (χ2n) is 6.01. The third-order valence-corrected chi connectivity index (χ3v) is 5.53. The van der Waals surface area contributed by atoms with E-state index in [0.29, 0.717) is 15.7 Å². The molecule has 0 saturated carbocycles. The number of carbonyl (C=O) groups is 2. The van der Waals surface area contributed by atoms with Gasteiger partial charge in [0.25, 0.3) is 0 Å². The van der Waals surface area contributed by atoms with Crippen molar-refractivity contribution in [1.29, 1.82) is 0 Å². The van der Waals surface area contributed by atoms with E-state index in [1.54, 1.807) is 0 Å². The fraction of sp³-hybridized carbons (Fsp3) is 0.316. The summed E-state index contributed by atoms with van der Waals surface area (Å²) in [6.07, 6.45) is 0.601. The van der Waals surface area contributed by atoms with E-state index in [9.17, 15) is 14.4 Å². The maximum atomic E-state index is 12.9. The van der Waals surface area contributed by atoms with Gasteiger partial charge in [0.05, 0.1) is 22.4 Å². The topological polar surface area (TPSA) is 83.8 Å². The second kappa shape index (κ2) is 8.22. The molecule has 2 heterocycles. The van der Waals surface area contributed by atoms with Crippen LogP contribution in [-0.2, 0) is 20.9 Å². The Morgan fingerprint density at radius 3 is 2.59 bits per heavy atom. The third kappa shape index (κ3) is 3.51. The summed E-state index contributed by atoms with van der Waals surface area (Å²) >= 11 is 1.91. The number of methoxy groups -OCH3 is 2. The summed E-state index contributed by atoms with van der Waals surface area (Å²) < 4.78 is 17.9. The first-order valence-electron chi connectivity index (χ1n) is 8.24. The SMILES string of the molecule is COC(=O)c1c(OCc2ccccc2)c(=O)c(I)c2n1C(C=O)CC2OC. The lowest BCUT2D eigenvalue weighted by molar-refractivity contribution is -0.110. The van der Waals surface area contributed by atoms with Gasteiger partial charge < -0.3 is 23.6 Å². The van der Waals surface area contributed by atoms with Crippen LogP contribution in [0.2, 0.25) is 0 Å². The van der Waals surface area contributed by atoms with Crippen molar-refractivity contribution < 1.29 is 23.8 Å². The normalized spacial score (nSPS) is 18.0. The highest BCUT2D eigenvalue weighted by Crippen LogP contribution is 2.40. The fourth-order valence-electron chi connectivity index (χ4n) is 3.21. The van der Waals surface area contributed by atoms with Crippen LogP contribution in [-0.4, -0.2) is 31.0 Å². The van der Waals surface area contributed by atoms with Crippen LogP contribution in [0.5, 0.6) is 5.75 Å². The van der Waals surface area contributed by atoms with Crippen LogP contribution in [0.25, 0.3) is 0 Å². The summed E-state index contributed by atoms with van der Waals surface area (Å²) in [5.41, 5.74) is 0.847. The predicted molar refractivity (Wildman–Crippen MR) is 105 cm³/mol. The molecular formula is C19H18INO6. The van der Waals surface area contributed by atoms with Gasteiger partial charge in [-0.15, -0.1) is 0 Å². The number of aldehydes is 1. The fourth-order valence-corrected chi connectivity index (χ4v) is 4.06. The number of halogens is 1. The maximum Gasteiger partial charge on any atom is 0.358 e. The summed E-state index contributed by atoms with van der Waals surface area (Å²) in [4.78, 5) is 37.1. The van der Waals surface area contributed by atoms with E-state index < -0.39 is 23.5 Å². The van der Waals surface area contributed by atoms with Crippen LogP contribution in [0.1, 0.15) is 40.3 Å². The van der Waals surface area contributed by atoms with E-state index in [1.165, 1.54) is 18.8 Å². The molecule has 1 aliphatic rings. The Hall–Kier alpha value is -2.20. The van der Waals surface area contributed by atoms with E-state index in [2.05, 4.69) is 0 Å². The summed E-state index contributed by atoms with van der Waals surface area (Å²) in [5, 5.41) is 0. The smallest absolute Gasteiger partial charge is 0.358 e. The van der Waals surface area contributed by atoms with Crippen molar-refractivity contribution in [2.24, 2.45) is 0 Å². The average molecular weight is 483 g/mol. The van der Waals surface area contributed by atoms with Crippen molar-refractivity contribution in [3.05, 3.63) is 61.1 Å². The summed E-state index contributed by atoms with van der Waals surface area (Å²) in [5.74, 6) is -0.862. The summed E-state index contributed by atoms with van der Waals surface area (Å²) in [6, 6.07) is 8.63. The number of rotatable bonds is 6. The van der Waals surface area contributed by atoms with Crippen molar-refractivity contribution in [1.82, 2.24) is 4.57 Å². The Kier molecular flexibility index (Phi) is 5.95. The number of hydrogen-bond donors (Lipinski definition) is 0. The molecule has 0 N–H and O–H groups in total. The summed E-state index contributed by atoms with van der Waals surface area (Å²) in [6.45, 7) is 0.106. The lowest BCUT2D eigenvalue weighted by Crippen LogP contribution is -2.27. The zero-order chi connectivity index (χ0) is 19.6. The number of nitrogens with zero attached hydrogens (tertiary/aromatic N) is 1. The van der Waals surface area contributed by atoms with Crippen LogP contribution in [0, 0.1) is 3.57 Å². The second-order valence-corrected chi connectivity index (χ2v) is 7.08. The zero-order valence-electron chi connectivity index (χ0n) is 14.8. The predicted octanol–water partition coefficient (Wildman–Crippen LogP) is 2.65. The minimum absolute atomic E-state index is 0.0644. The molecule has 7 nitrogen and oxygen atoms in total. The highest BCUT2D eigenvalue weighted by atomic mass is 127. The zero-order valence-corrected chi connectivity index (χ0v) is 17.0. The molecule has 2 unspecified atom stereocenters. The van der Waals surface area contributed by atoms with Crippen molar-refractivity contribution >= 4 is 34.8 Å². The van der Waals surface area contributed by atoms with Crippen LogP contribution < -0.4 is 10.2 Å². The highest BCUT2D eigenvalue weighted by Gasteiger charge is 2.39. The van der Waals surface area contributed by atoms with Gasteiger partial charge in [-0.25, -0.2) is 4.79 Å². The molecule has 1 aromatic carbocycles. The number of pyridine rings is 1. The minimum atomic E-state index is -0.739. The van der Waals surface area contributed by atoms with Crippen LogP contribution in [0.3, 0.4) is 0 Å². The van der Waals surface area contributed by atoms with E-state index in [4.69, 9.17) is 14.2 Å². The van der Waals surface area contributed by atoms with E-state index in [0.717, 1.165) is 11.8 Å². The number of esters is 1. The number of benzene rings is 1. The molecule has 0 saturated heterocycles. The molecule has 2 aromatic rings. The quantitative estimate of drug-likeness (QED) is 0.357. The van der Waals surface area contributed by atoms with Crippen molar-refractivity contribution in [2.45, 2.75) is 25.2 Å². The van der Waals surface area contributed by atoms with Gasteiger partial charge in [0.15, 0.2) is 11.4 Å². The molecule has 2 atom stereocenters. The molecule has 27 heavy (non-hydrogen) atoms. The lowest BCUT2D eigenvalue weighted by Gasteiger charge is -2.19. The van der Waals surface area contributed by atoms with Crippen molar-refractivity contribution in [3.8, 4) is 5.75 Å². The molecule has 0 radical (unpaired) electrons. The standard InChI is InChI=1S/C19H18INO6/c1-25-13-8-12(9-22)21-15(13)14(20)17(23)18(16(21)19(24)26-2)27-10-11-6-4-3-5-7-11/h3-7,9,12-13H,8,10H2,1-2H3. The van der Waals surface area contributed by atoms with Gasteiger partial charge in [0.1, 0.15) is 19.0 Å². The summed E-state index contributed by atoms with van der Waals surface area (Å²) in [7, 11) is 2.72. The van der Waals surface area contributed by atoms with Crippen LogP contribution in [0.15, 0.2) is 35.1 Å². The molecule has 0 spiro atoms. The highest BCUT2D eigenvalue weighted by molar-refractivity contribution is 14.1. The van der Waals surface area contributed by atoms with E-state index in [1.807, 2.05) is 52.9 Å². The Morgan fingerprint density at radius 2 is 2.00 bits per heavy atom. The van der Waals surface area contributed by atoms with Gasteiger partial charge in [-0.2, -0.15) is 0 Å². The van der Waals surface area contributed by atoms with Gasteiger partial charge in [0.2, 0.25) is 5.43 Å². The molecule has 8 heteroatoms. The third-order valence-electron chi connectivity index (χ3n) is 4.48. The number of hydrogen-bond acceptors (Lipinski definition) is 6. The van der Waals surface area contributed by atoms with Crippen LogP contribution >= 0.6 is 22.6 Å². The molecule has 3 rings (SSSR count). The molecule has 0 bridgehead atoms. The molecule has 0 aliphatic carbocycles. The molecule has 1 aliphatic heterocycles. The minimum Gasteiger partial charge on any atom is -0.482 e. The molecule has 142 valence electrons. The van der Waals surface area contributed by atoms with Crippen LogP contribution in [0.4, 0.5) is 0 Å². The van der Waals surface area contributed by atoms with Gasteiger partial charge in [-0.05, 0) is 28.2 Å². The first-order chi connectivity index (χ1) is 13.0. The number of ether oxygens (including phenoxy) is 3. The molecule has 1 aromatic heterocycles. The first-order valence-corrected chi connectivity index (χ1v) is 9.32. The lowest BCUT2D eigenvalue weighted by atomic mass is 10.2. The molecular weight excluding hydrogens is 465 g/mol. The number of aromatic nitrogens is 1. The van der Waals surface area contributed by atoms with E-state index in [-0.39, 0.29) is 18.1 Å². The average Bonchev–Trinajstić information content (AvgIpc) is 3.08. The largest absolute Gasteiger partial charge is 0.482 e. The maximum absolute atomic E-state index is 12.9. The Labute approximate surface area is 169 Å². The van der Waals surface area contributed by atoms with E-state index >= 15 is 0 Å². The number of carbonyl (C=O) groups excluding carboxylic acids is 2. The Morgan fingerprint density at radius 1 is 1.30 bits per heavy atom. The van der Waals surface area contributed by atoms with Gasteiger partial charge in [-0.3, -0.25) is 4.79 Å². The molecule has 0 amide bonds. The van der Waals surface area contributed by atoms with Crippen molar-refractivity contribution in [3.63, 3.8) is 0 Å². The van der Waals surface area contributed by atoms with Gasteiger partial charge in [0, 0.05) is 13.5 Å². The monoisotopic (exact) mass is 483 g/mol. The van der Waals surface area contributed by atoms with Gasteiger partial charge >= 0.3 is 5.97 Å². The molecule has 0 fully saturated rings. The Bertz CT molecular complexity index is 924. The van der Waals surface area contributed by atoms with Gasteiger partial charge in [-0.1, -0.05) is 30.3 Å². The first kappa shape index (κ1) is 19.6. The van der Waals surface area contributed by atoms with Crippen molar-refractivity contribution in [2.75, 3.05) is 14.2 Å². The number of fused-ring (bicyclic) bond motifs is 1.